The second kappa shape index (κ2) is 22.0. The maximum Gasteiger partial charge on any atom is 0.309 e. The molecule has 0 N–H and O–H groups in total. The van der Waals surface area contributed by atoms with Crippen LogP contribution in [0, 0.1) is 70.5 Å². The van der Waals surface area contributed by atoms with Crippen LogP contribution in [-0.4, -0.2) is 114 Å². The molecule has 0 amide bonds. The molecule has 12 aliphatic heterocycles. The van der Waals surface area contributed by atoms with Gasteiger partial charge in [-0.15, -0.1) is 0 Å². The summed E-state index contributed by atoms with van der Waals surface area (Å²) in [6.45, 7) is 19.9. The quantitative estimate of drug-likeness (QED) is 0.0608. The monoisotopic (exact) mass is 1170 g/mol. The van der Waals surface area contributed by atoms with Crippen molar-refractivity contribution in [3.05, 3.63) is 0 Å². The fourth-order valence-corrected chi connectivity index (χ4v) is 17.3. The molecule has 2 unspecified atom stereocenters. The summed E-state index contributed by atoms with van der Waals surface area (Å²) in [6.07, 6.45) is -1.46. The number of carbonyl (C=O) groups is 6. The summed E-state index contributed by atoms with van der Waals surface area (Å²) in [5, 5.41) is 0. The van der Waals surface area contributed by atoms with Gasteiger partial charge in [-0.25, -0.2) is 29.3 Å². The largest absolute Gasteiger partial charge is 0.435 e. The second-order valence-corrected chi connectivity index (χ2v) is 27.6. The van der Waals surface area contributed by atoms with E-state index in [1.54, 1.807) is 20.8 Å². The Labute approximate surface area is 484 Å². The standard InChI is InChI=1S/C60H86O23/c1-30-11-14-40-33(4)48(72-51-58(40)37(30)22-26-55(8,75-51)78-81-58)69-44(64)16-13-36(61)29-47(67-42(62)17-19-45(65)70-49-34(5)41-15-12-31(2)38-23-27-56(9)76-52(73-49)59(38,41)82-79-56)68-43(63)18-20-46(66)71-50-35(6)54(7)25-21-32(3)39-24-28-57(10)77-53(74-50)60(39,54)83-80-57/h30-35,37-41,47-53H,11-29H2,1-10H3/t30-,31-,32-,33-,34-,35+,37+,38+,39+,40+,41+,47?,48-,49?,50-,51-,52-,53-,54+,55+,56+,57+,58-,59-,60+/m1/s1. The van der Waals surface area contributed by atoms with Crippen LogP contribution in [0.4, 0.5) is 0 Å². The molecule has 3 spiro atoms. The van der Waals surface area contributed by atoms with Gasteiger partial charge in [0.15, 0.2) is 35.7 Å². The summed E-state index contributed by atoms with van der Waals surface area (Å²) in [4.78, 5) is 118. The van der Waals surface area contributed by atoms with Gasteiger partial charge in [0.2, 0.25) is 36.2 Å². The summed E-state index contributed by atoms with van der Waals surface area (Å²) >= 11 is 0. The minimum Gasteiger partial charge on any atom is -0.435 e. The van der Waals surface area contributed by atoms with Crippen molar-refractivity contribution in [1.82, 2.24) is 0 Å². The van der Waals surface area contributed by atoms with Crippen molar-refractivity contribution in [1.29, 1.82) is 0 Å². The van der Waals surface area contributed by atoms with Crippen molar-refractivity contribution in [2.24, 2.45) is 70.5 Å². The summed E-state index contributed by atoms with van der Waals surface area (Å²) in [7, 11) is 0. The van der Waals surface area contributed by atoms with E-state index in [2.05, 4.69) is 27.7 Å². The Morgan fingerprint density at radius 1 is 0.422 bits per heavy atom. The van der Waals surface area contributed by atoms with Crippen LogP contribution in [0.2, 0.25) is 0 Å². The normalized spacial score (nSPS) is 49.2. The Bertz CT molecular complexity index is 2420. The molecule has 3 aliphatic carbocycles. The molecule has 464 valence electrons. The molecular weight excluding hydrogens is 1090 g/mol. The van der Waals surface area contributed by atoms with Gasteiger partial charge in [-0.05, 0) is 114 Å². The zero-order valence-corrected chi connectivity index (χ0v) is 49.7. The summed E-state index contributed by atoms with van der Waals surface area (Å²) < 4.78 is 67.4. The SMILES string of the molecule is C[C@H]1[C@H](OC(=O)CCC(=O)CC(OC(=O)CCC(=O)OC2O[C@@H]3O[C@]4(C)CC[C@H]5[C@H](C)CC[C@@H]([C@H]2C)[C@@]35OO4)OC(=O)CCC(=O)O[C@@H]2O[C@@H]3O[C@]4(C)CC[C@H]5[C@H](C)CC[C@@](C)([C@H]2C)[C@@]35OO4)O[C@@H]2O[C@]3(C)CC[C@H]4[C@H](C)CC[C@@H]1[C@@]24OO3. The van der Waals surface area contributed by atoms with Crippen LogP contribution in [0.3, 0.4) is 0 Å². The number of ether oxygens (including phenoxy) is 11. The van der Waals surface area contributed by atoms with E-state index in [1.165, 1.54) is 0 Å². The topological polar surface area (TPSA) is 259 Å². The third kappa shape index (κ3) is 10.2. The van der Waals surface area contributed by atoms with Crippen molar-refractivity contribution in [2.45, 2.75) is 269 Å². The van der Waals surface area contributed by atoms with Crippen LogP contribution in [-0.2, 0) is 110 Å². The summed E-state index contributed by atoms with van der Waals surface area (Å²) in [5.74, 6) is -7.94. The average molecular weight is 1180 g/mol. The second-order valence-electron chi connectivity index (χ2n) is 27.6. The molecule has 23 nitrogen and oxygen atoms in total. The van der Waals surface area contributed by atoms with Gasteiger partial charge in [-0.3, -0.25) is 28.8 Å². The van der Waals surface area contributed by atoms with Crippen molar-refractivity contribution in [3.8, 4) is 0 Å². The molecule has 6 bridgehead atoms. The molecule has 12 saturated heterocycles. The molecule has 12 heterocycles. The van der Waals surface area contributed by atoms with Crippen LogP contribution in [0.15, 0.2) is 0 Å². The number of esters is 5. The zero-order chi connectivity index (χ0) is 58.8. The molecule has 15 rings (SSSR count). The highest BCUT2D eigenvalue weighted by Gasteiger charge is 2.76. The van der Waals surface area contributed by atoms with Gasteiger partial charge in [0.05, 0.1) is 38.5 Å². The fraction of sp³-hybridized carbons (Fsp3) is 0.900. The van der Waals surface area contributed by atoms with Crippen LogP contribution < -0.4 is 0 Å². The Kier molecular flexibility index (Phi) is 15.9. The minimum atomic E-state index is -1.80. The van der Waals surface area contributed by atoms with Crippen LogP contribution in [0.5, 0.6) is 0 Å². The first-order chi connectivity index (χ1) is 39.3. The predicted molar refractivity (Wildman–Crippen MR) is 277 cm³/mol. The van der Waals surface area contributed by atoms with Crippen LogP contribution in [0.25, 0.3) is 0 Å². The number of fused-ring (bicyclic) bond motifs is 6. The molecule has 25 atom stereocenters. The maximum atomic E-state index is 13.7. The maximum absolute atomic E-state index is 13.7. The van der Waals surface area contributed by atoms with E-state index in [4.69, 9.17) is 81.4 Å². The van der Waals surface area contributed by atoms with Crippen molar-refractivity contribution < 1.29 is 110 Å². The first-order valence-electron chi connectivity index (χ1n) is 30.9. The highest BCUT2D eigenvalue weighted by Crippen LogP contribution is 2.67. The van der Waals surface area contributed by atoms with Gasteiger partial charge in [-0.2, -0.15) is 0 Å². The van der Waals surface area contributed by atoms with Gasteiger partial charge >= 0.3 is 29.8 Å². The molecule has 0 aromatic heterocycles. The Morgan fingerprint density at radius 2 is 0.831 bits per heavy atom. The van der Waals surface area contributed by atoms with E-state index in [0.29, 0.717) is 37.0 Å². The van der Waals surface area contributed by atoms with E-state index in [0.717, 1.165) is 57.8 Å². The highest BCUT2D eigenvalue weighted by atomic mass is 17.3. The highest BCUT2D eigenvalue weighted by molar-refractivity contribution is 5.84. The third-order valence-electron chi connectivity index (χ3n) is 22.4. The van der Waals surface area contributed by atoms with Gasteiger partial charge in [0.1, 0.15) is 5.78 Å². The Morgan fingerprint density at radius 3 is 1.34 bits per heavy atom. The predicted octanol–water partition coefficient (Wildman–Crippen LogP) is 8.34. The molecule has 3 saturated carbocycles. The molecule has 83 heavy (non-hydrogen) atoms. The van der Waals surface area contributed by atoms with E-state index in [1.807, 2.05) is 20.8 Å². The average Bonchev–Trinajstić information content (AvgIpc) is 1.77. The smallest absolute Gasteiger partial charge is 0.309 e. The fourth-order valence-electron chi connectivity index (χ4n) is 17.3. The van der Waals surface area contributed by atoms with Crippen molar-refractivity contribution >= 4 is 35.6 Å². The van der Waals surface area contributed by atoms with E-state index in [-0.39, 0.29) is 60.2 Å². The van der Waals surface area contributed by atoms with Crippen LogP contribution >= 0.6 is 0 Å². The van der Waals surface area contributed by atoms with Gasteiger partial charge in [0, 0.05) is 60.7 Å². The van der Waals surface area contributed by atoms with E-state index < -0.39 is 151 Å². The lowest BCUT2D eigenvalue weighted by Crippen LogP contribution is -2.74. The van der Waals surface area contributed by atoms with Crippen molar-refractivity contribution in [3.63, 3.8) is 0 Å². The number of ketones is 1. The van der Waals surface area contributed by atoms with Crippen LogP contribution in [0.1, 0.15) is 191 Å². The first kappa shape index (κ1) is 59.9. The zero-order valence-electron chi connectivity index (χ0n) is 49.7. The molecule has 23 heteroatoms. The third-order valence-corrected chi connectivity index (χ3v) is 22.4. The van der Waals surface area contributed by atoms with Gasteiger partial charge < -0.3 is 52.1 Å². The lowest BCUT2D eigenvalue weighted by Gasteiger charge is -2.65. The molecule has 15 aliphatic rings. The van der Waals surface area contributed by atoms with E-state index >= 15 is 0 Å². The Balaban J connectivity index is 0.672. The number of hydrogen-bond donors (Lipinski definition) is 0. The minimum absolute atomic E-state index is 0.0694. The van der Waals surface area contributed by atoms with Gasteiger partial charge in [0.25, 0.3) is 6.29 Å². The number of rotatable bonds is 16. The molecule has 15 fully saturated rings. The Hall–Kier alpha value is -3.46. The lowest BCUT2D eigenvalue weighted by molar-refractivity contribution is -0.586. The van der Waals surface area contributed by atoms with Crippen molar-refractivity contribution in [2.75, 3.05) is 0 Å². The first-order valence-corrected chi connectivity index (χ1v) is 30.9. The molecular formula is C60H86O23. The lowest BCUT2D eigenvalue weighted by atomic mass is 9.50. The summed E-state index contributed by atoms with van der Waals surface area (Å²) in [6, 6.07) is 0. The molecule has 0 aromatic carbocycles. The van der Waals surface area contributed by atoms with Gasteiger partial charge in [-0.1, -0.05) is 48.5 Å². The molecule has 0 radical (unpaired) electrons. The summed E-state index contributed by atoms with van der Waals surface area (Å²) in [5.41, 5.74) is -3.26. The van der Waals surface area contributed by atoms with E-state index in [9.17, 15) is 28.8 Å². The number of hydrogen-bond acceptors (Lipinski definition) is 23. The number of Topliss-reactive ketones (excluding diaryl/α,β-unsaturated/α-hetero) is 1. The molecule has 0 aromatic rings. The number of carbonyl (C=O) groups excluding carboxylic acids is 6.